The van der Waals surface area contributed by atoms with Gasteiger partial charge in [0.15, 0.2) is 0 Å². The zero-order chi connectivity index (χ0) is 17.2. The average Bonchev–Trinajstić information content (AvgIpc) is 3.35. The standard InChI is InChI=1S/C18H20N4O2S/c1-12-14(20-18(24-12)15-7-4-10-25-15)11-17(23)21-16-8-9-19-22(16)13-5-2-3-6-13/h4,7-10,13H,2-3,5-6,11H2,1H3,(H,21,23). The number of nitrogens with zero attached hydrogens (tertiary/aromatic N) is 3. The summed E-state index contributed by atoms with van der Waals surface area (Å²) in [6.07, 6.45) is 6.62. The molecule has 3 aromatic rings. The number of carbonyl (C=O) groups is 1. The topological polar surface area (TPSA) is 73.0 Å². The van der Waals surface area contributed by atoms with Crippen molar-refractivity contribution in [2.75, 3.05) is 5.32 Å². The van der Waals surface area contributed by atoms with E-state index in [1.165, 1.54) is 12.8 Å². The molecule has 130 valence electrons. The molecule has 3 aromatic heterocycles. The van der Waals surface area contributed by atoms with Crippen LogP contribution < -0.4 is 5.32 Å². The number of carbonyl (C=O) groups excluding carboxylic acids is 1. The molecule has 1 saturated carbocycles. The minimum absolute atomic E-state index is 0.103. The van der Waals surface area contributed by atoms with E-state index in [-0.39, 0.29) is 12.3 Å². The first kappa shape index (κ1) is 16.1. The van der Waals surface area contributed by atoms with Crippen LogP contribution in [0.4, 0.5) is 5.82 Å². The largest absolute Gasteiger partial charge is 0.440 e. The average molecular weight is 356 g/mol. The van der Waals surface area contributed by atoms with Crippen LogP contribution in [-0.2, 0) is 11.2 Å². The molecule has 1 fully saturated rings. The Labute approximate surface area is 149 Å². The van der Waals surface area contributed by atoms with Crippen molar-refractivity contribution in [2.24, 2.45) is 0 Å². The number of nitrogens with one attached hydrogen (secondary N) is 1. The Kier molecular flexibility index (Phi) is 4.40. The molecule has 0 aliphatic heterocycles. The Morgan fingerprint density at radius 3 is 3.00 bits per heavy atom. The molecular weight excluding hydrogens is 336 g/mol. The summed E-state index contributed by atoms with van der Waals surface area (Å²) in [7, 11) is 0. The number of anilines is 1. The molecule has 6 nitrogen and oxygen atoms in total. The van der Waals surface area contributed by atoms with Crippen LogP contribution in [0.2, 0.25) is 0 Å². The highest BCUT2D eigenvalue weighted by Crippen LogP contribution is 2.31. The normalized spacial score (nSPS) is 14.9. The molecule has 4 rings (SSSR count). The number of hydrogen-bond donors (Lipinski definition) is 1. The second-order valence-electron chi connectivity index (χ2n) is 6.32. The molecule has 7 heteroatoms. The van der Waals surface area contributed by atoms with Gasteiger partial charge in [0.25, 0.3) is 0 Å². The van der Waals surface area contributed by atoms with Crippen LogP contribution in [0, 0.1) is 6.92 Å². The van der Waals surface area contributed by atoms with Crippen LogP contribution in [0.25, 0.3) is 10.8 Å². The van der Waals surface area contributed by atoms with Gasteiger partial charge >= 0.3 is 0 Å². The molecule has 25 heavy (non-hydrogen) atoms. The van der Waals surface area contributed by atoms with Gasteiger partial charge in [-0.15, -0.1) is 11.3 Å². The molecule has 0 atom stereocenters. The number of oxazole rings is 1. The second-order valence-corrected chi connectivity index (χ2v) is 7.27. The summed E-state index contributed by atoms with van der Waals surface area (Å²) in [5.74, 6) is 1.92. The minimum Gasteiger partial charge on any atom is -0.440 e. The van der Waals surface area contributed by atoms with Crippen molar-refractivity contribution in [3.63, 3.8) is 0 Å². The lowest BCUT2D eigenvalue weighted by molar-refractivity contribution is -0.115. The molecule has 0 spiro atoms. The van der Waals surface area contributed by atoms with E-state index in [0.717, 1.165) is 23.5 Å². The summed E-state index contributed by atoms with van der Waals surface area (Å²) in [5, 5.41) is 9.33. The summed E-state index contributed by atoms with van der Waals surface area (Å²) in [5.41, 5.74) is 0.674. The maximum absolute atomic E-state index is 12.5. The molecule has 3 heterocycles. The SMILES string of the molecule is Cc1oc(-c2cccs2)nc1CC(=O)Nc1ccnn1C1CCCC1. The van der Waals surface area contributed by atoms with Crippen molar-refractivity contribution in [1.82, 2.24) is 14.8 Å². The van der Waals surface area contributed by atoms with E-state index in [1.807, 2.05) is 35.2 Å². The van der Waals surface area contributed by atoms with Gasteiger partial charge in [-0.1, -0.05) is 18.9 Å². The van der Waals surface area contributed by atoms with E-state index in [1.54, 1.807) is 17.5 Å². The third-order valence-corrected chi connectivity index (χ3v) is 5.42. The van der Waals surface area contributed by atoms with E-state index in [9.17, 15) is 4.79 Å². The first-order chi connectivity index (χ1) is 12.2. The van der Waals surface area contributed by atoms with Gasteiger partial charge in [0.1, 0.15) is 11.6 Å². The van der Waals surface area contributed by atoms with Crippen LogP contribution in [0.15, 0.2) is 34.2 Å². The van der Waals surface area contributed by atoms with Crippen LogP contribution in [0.3, 0.4) is 0 Å². The van der Waals surface area contributed by atoms with Crippen LogP contribution in [-0.4, -0.2) is 20.7 Å². The number of aryl methyl sites for hydroxylation is 1. The van der Waals surface area contributed by atoms with Gasteiger partial charge in [-0.2, -0.15) is 5.10 Å². The van der Waals surface area contributed by atoms with Gasteiger partial charge in [-0.25, -0.2) is 9.67 Å². The van der Waals surface area contributed by atoms with Crippen molar-refractivity contribution in [3.8, 4) is 10.8 Å². The first-order valence-corrected chi connectivity index (χ1v) is 9.42. The number of aromatic nitrogens is 3. The van der Waals surface area contributed by atoms with Gasteiger partial charge in [0.2, 0.25) is 11.8 Å². The zero-order valence-electron chi connectivity index (χ0n) is 14.1. The highest BCUT2D eigenvalue weighted by atomic mass is 32.1. The first-order valence-electron chi connectivity index (χ1n) is 8.54. The lowest BCUT2D eigenvalue weighted by Gasteiger charge is -2.14. The van der Waals surface area contributed by atoms with Gasteiger partial charge in [0.05, 0.1) is 29.2 Å². The number of amides is 1. The maximum atomic E-state index is 12.5. The second kappa shape index (κ2) is 6.84. The van der Waals surface area contributed by atoms with Crippen LogP contribution in [0.1, 0.15) is 43.2 Å². The van der Waals surface area contributed by atoms with Crippen LogP contribution >= 0.6 is 11.3 Å². The third kappa shape index (κ3) is 3.37. The quantitative estimate of drug-likeness (QED) is 0.743. The Morgan fingerprint density at radius 1 is 1.40 bits per heavy atom. The molecule has 0 unspecified atom stereocenters. The predicted octanol–water partition coefficient (Wildman–Crippen LogP) is 4.20. The minimum atomic E-state index is -0.103. The molecule has 1 amide bonds. The molecular formula is C18H20N4O2S. The molecule has 1 aliphatic rings. The number of hydrogen-bond acceptors (Lipinski definition) is 5. The Hall–Kier alpha value is -2.41. The van der Waals surface area contributed by atoms with Crippen molar-refractivity contribution in [1.29, 1.82) is 0 Å². The Bertz CT molecular complexity index is 860. The predicted molar refractivity (Wildman–Crippen MR) is 96.6 cm³/mol. The van der Waals surface area contributed by atoms with Crippen molar-refractivity contribution in [2.45, 2.75) is 45.1 Å². The van der Waals surface area contributed by atoms with E-state index in [0.29, 0.717) is 23.4 Å². The van der Waals surface area contributed by atoms with Gasteiger partial charge < -0.3 is 9.73 Å². The van der Waals surface area contributed by atoms with Crippen LogP contribution in [0.5, 0.6) is 0 Å². The highest BCUT2D eigenvalue weighted by Gasteiger charge is 2.21. The fourth-order valence-corrected chi connectivity index (χ4v) is 3.94. The smallest absolute Gasteiger partial charge is 0.236 e. The van der Waals surface area contributed by atoms with Gasteiger partial charge in [-0.05, 0) is 31.2 Å². The molecule has 1 N–H and O–H groups in total. The summed E-state index contributed by atoms with van der Waals surface area (Å²) in [4.78, 5) is 17.9. The zero-order valence-corrected chi connectivity index (χ0v) is 14.9. The van der Waals surface area contributed by atoms with Crippen molar-refractivity contribution in [3.05, 3.63) is 41.2 Å². The summed E-state index contributed by atoms with van der Waals surface area (Å²) >= 11 is 1.57. The van der Waals surface area contributed by atoms with E-state index in [4.69, 9.17) is 4.42 Å². The Balaban J connectivity index is 1.45. The van der Waals surface area contributed by atoms with E-state index >= 15 is 0 Å². The van der Waals surface area contributed by atoms with E-state index in [2.05, 4.69) is 15.4 Å². The monoisotopic (exact) mass is 356 g/mol. The molecule has 0 aromatic carbocycles. The highest BCUT2D eigenvalue weighted by molar-refractivity contribution is 7.13. The summed E-state index contributed by atoms with van der Waals surface area (Å²) in [6, 6.07) is 6.16. The van der Waals surface area contributed by atoms with Crippen molar-refractivity contribution >= 4 is 23.1 Å². The lowest BCUT2D eigenvalue weighted by atomic mass is 10.2. The fraction of sp³-hybridized carbons (Fsp3) is 0.389. The Morgan fingerprint density at radius 2 is 2.24 bits per heavy atom. The molecule has 0 saturated heterocycles. The number of thiophene rings is 1. The third-order valence-electron chi connectivity index (χ3n) is 4.56. The maximum Gasteiger partial charge on any atom is 0.236 e. The molecule has 0 radical (unpaired) electrons. The van der Waals surface area contributed by atoms with Crippen molar-refractivity contribution < 1.29 is 9.21 Å². The lowest BCUT2D eigenvalue weighted by Crippen LogP contribution is -2.19. The number of rotatable bonds is 5. The van der Waals surface area contributed by atoms with Gasteiger partial charge in [0, 0.05) is 6.07 Å². The summed E-state index contributed by atoms with van der Waals surface area (Å²) < 4.78 is 7.64. The molecule has 1 aliphatic carbocycles. The summed E-state index contributed by atoms with van der Waals surface area (Å²) in [6.45, 7) is 1.84. The van der Waals surface area contributed by atoms with E-state index < -0.39 is 0 Å². The fourth-order valence-electron chi connectivity index (χ4n) is 3.29. The van der Waals surface area contributed by atoms with Gasteiger partial charge in [-0.3, -0.25) is 4.79 Å². The molecule has 0 bridgehead atoms.